The molecule has 1 saturated carbocycles. The minimum Gasteiger partial charge on any atom is -0.473 e. The summed E-state index contributed by atoms with van der Waals surface area (Å²) in [6.45, 7) is 0. The molecule has 0 spiro atoms. The van der Waals surface area contributed by atoms with Gasteiger partial charge in [0, 0.05) is 18.2 Å². The van der Waals surface area contributed by atoms with E-state index in [1.54, 1.807) is 6.07 Å². The quantitative estimate of drug-likeness (QED) is 0.664. The first kappa shape index (κ1) is 14.2. The highest BCUT2D eigenvalue weighted by atomic mass is 16.6. The lowest BCUT2D eigenvalue weighted by molar-refractivity contribution is -0.385. The van der Waals surface area contributed by atoms with Gasteiger partial charge in [0.2, 0.25) is 11.6 Å². The number of ether oxygens (including phenoxy) is 1. The highest BCUT2D eigenvalue weighted by molar-refractivity contribution is 5.45. The maximum absolute atomic E-state index is 10.7. The Kier molecular flexibility index (Phi) is 4.48. The number of hydrogen-bond acceptors (Lipinski definition) is 6. The molecule has 7 heteroatoms. The number of nitrogens with zero attached hydrogens (tertiary/aromatic N) is 3. The predicted octanol–water partition coefficient (Wildman–Crippen LogP) is 1.77. The average Bonchev–Trinajstić information content (AvgIpc) is 2.47. The van der Waals surface area contributed by atoms with Crippen molar-refractivity contribution in [1.82, 2.24) is 10.3 Å². The van der Waals surface area contributed by atoms with Crippen LogP contribution >= 0.6 is 0 Å². The van der Waals surface area contributed by atoms with Crippen LogP contribution in [-0.4, -0.2) is 29.1 Å². The van der Waals surface area contributed by atoms with Crippen LogP contribution in [0.2, 0.25) is 0 Å². The molecule has 1 heterocycles. The molecule has 106 valence electrons. The van der Waals surface area contributed by atoms with Crippen LogP contribution in [0.4, 0.5) is 5.69 Å². The summed E-state index contributed by atoms with van der Waals surface area (Å²) in [6, 6.07) is 4.68. The standard InChI is InChI=1S/C13H16N4O3/c1-15-9-4-2-3-5-12(9)20-13-7-6-11(17(18)19)10(8-14)16-13/h6-7,9,12,15H,2-5H2,1H3. The lowest BCUT2D eigenvalue weighted by Crippen LogP contribution is -2.43. The first-order chi connectivity index (χ1) is 9.65. The van der Waals surface area contributed by atoms with Crippen LogP contribution in [0.1, 0.15) is 31.4 Å². The number of likely N-dealkylation sites (N-methyl/N-ethyl adjacent to an activating group) is 1. The summed E-state index contributed by atoms with van der Waals surface area (Å²) in [5, 5.41) is 22.9. The van der Waals surface area contributed by atoms with E-state index < -0.39 is 4.92 Å². The summed E-state index contributed by atoms with van der Waals surface area (Å²) in [5.74, 6) is 0.263. The number of aromatic nitrogens is 1. The summed E-state index contributed by atoms with van der Waals surface area (Å²) < 4.78 is 5.79. The van der Waals surface area contributed by atoms with Crippen molar-refractivity contribution in [1.29, 1.82) is 5.26 Å². The van der Waals surface area contributed by atoms with Gasteiger partial charge in [-0.2, -0.15) is 10.2 Å². The van der Waals surface area contributed by atoms with Crippen LogP contribution in [0.15, 0.2) is 12.1 Å². The van der Waals surface area contributed by atoms with Gasteiger partial charge >= 0.3 is 5.69 Å². The fraction of sp³-hybridized carbons (Fsp3) is 0.538. The summed E-state index contributed by atoms with van der Waals surface area (Å²) in [4.78, 5) is 14.0. The van der Waals surface area contributed by atoms with Crippen LogP contribution < -0.4 is 10.1 Å². The average molecular weight is 276 g/mol. The van der Waals surface area contributed by atoms with Crippen molar-refractivity contribution in [2.45, 2.75) is 37.8 Å². The molecule has 0 saturated heterocycles. The SMILES string of the molecule is CNC1CCCCC1Oc1ccc([N+](=O)[O-])c(C#N)n1. The fourth-order valence-electron chi connectivity index (χ4n) is 2.45. The van der Waals surface area contributed by atoms with Gasteiger partial charge in [-0.15, -0.1) is 0 Å². The lowest BCUT2D eigenvalue weighted by atomic mass is 9.92. The van der Waals surface area contributed by atoms with Crippen LogP contribution in [-0.2, 0) is 0 Å². The number of rotatable bonds is 4. The minimum absolute atomic E-state index is 0.0192. The lowest BCUT2D eigenvalue weighted by Gasteiger charge is -2.31. The van der Waals surface area contributed by atoms with Gasteiger partial charge in [-0.25, -0.2) is 0 Å². The van der Waals surface area contributed by atoms with Gasteiger partial charge in [0.05, 0.1) is 4.92 Å². The van der Waals surface area contributed by atoms with Crippen LogP contribution in [0, 0.1) is 21.4 Å². The number of nitriles is 1. The molecule has 0 radical (unpaired) electrons. The molecule has 1 aromatic rings. The number of hydrogen-bond donors (Lipinski definition) is 1. The molecule has 1 aliphatic carbocycles. The van der Waals surface area contributed by atoms with Crippen molar-refractivity contribution >= 4 is 5.69 Å². The Hall–Kier alpha value is -2.20. The maximum atomic E-state index is 10.7. The molecule has 0 aliphatic heterocycles. The van der Waals surface area contributed by atoms with Crippen LogP contribution in [0.25, 0.3) is 0 Å². The molecule has 1 fully saturated rings. The van der Waals surface area contributed by atoms with Gasteiger partial charge in [-0.1, -0.05) is 6.42 Å². The highest BCUT2D eigenvalue weighted by Crippen LogP contribution is 2.25. The topological polar surface area (TPSA) is 101 Å². The van der Waals surface area contributed by atoms with Gasteiger partial charge in [-0.3, -0.25) is 10.1 Å². The van der Waals surface area contributed by atoms with E-state index in [4.69, 9.17) is 10.00 Å². The number of nitro groups is 1. The number of pyridine rings is 1. The Morgan fingerprint density at radius 1 is 1.50 bits per heavy atom. The van der Waals surface area contributed by atoms with E-state index in [9.17, 15) is 10.1 Å². The largest absolute Gasteiger partial charge is 0.473 e. The van der Waals surface area contributed by atoms with Gasteiger partial charge in [0.25, 0.3) is 0 Å². The Morgan fingerprint density at radius 3 is 2.90 bits per heavy atom. The van der Waals surface area contributed by atoms with Crippen molar-refractivity contribution in [3.63, 3.8) is 0 Å². The zero-order chi connectivity index (χ0) is 14.5. The van der Waals surface area contributed by atoms with Crippen molar-refractivity contribution < 1.29 is 9.66 Å². The smallest absolute Gasteiger partial charge is 0.305 e. The second-order valence-electron chi connectivity index (χ2n) is 4.72. The van der Waals surface area contributed by atoms with Crippen LogP contribution in [0.5, 0.6) is 5.88 Å². The highest BCUT2D eigenvalue weighted by Gasteiger charge is 2.26. The zero-order valence-corrected chi connectivity index (χ0v) is 11.2. The predicted molar refractivity (Wildman–Crippen MR) is 71.3 cm³/mol. The Bertz CT molecular complexity index is 541. The van der Waals surface area contributed by atoms with E-state index in [-0.39, 0.29) is 29.4 Å². The summed E-state index contributed by atoms with van der Waals surface area (Å²) in [7, 11) is 1.89. The minimum atomic E-state index is -0.619. The molecular formula is C13H16N4O3. The Morgan fingerprint density at radius 2 is 2.25 bits per heavy atom. The molecule has 1 aromatic heterocycles. The first-order valence-electron chi connectivity index (χ1n) is 6.55. The second-order valence-corrected chi connectivity index (χ2v) is 4.72. The fourth-order valence-corrected chi connectivity index (χ4v) is 2.45. The number of nitrogens with one attached hydrogen (secondary N) is 1. The van der Waals surface area contributed by atoms with E-state index in [1.165, 1.54) is 12.1 Å². The van der Waals surface area contributed by atoms with Crippen molar-refractivity contribution in [2.24, 2.45) is 0 Å². The van der Waals surface area contributed by atoms with E-state index in [0.717, 1.165) is 25.7 Å². The van der Waals surface area contributed by atoms with Crippen molar-refractivity contribution in [3.8, 4) is 11.9 Å². The van der Waals surface area contributed by atoms with Crippen LogP contribution in [0.3, 0.4) is 0 Å². The van der Waals surface area contributed by atoms with E-state index in [1.807, 2.05) is 7.05 Å². The normalized spacial score (nSPS) is 22.0. The van der Waals surface area contributed by atoms with E-state index in [0.29, 0.717) is 0 Å². The molecular weight excluding hydrogens is 260 g/mol. The van der Waals surface area contributed by atoms with Gasteiger partial charge in [-0.05, 0) is 26.3 Å². The summed E-state index contributed by atoms with van der Waals surface area (Å²) >= 11 is 0. The summed E-state index contributed by atoms with van der Waals surface area (Å²) in [5.41, 5.74) is -0.516. The van der Waals surface area contributed by atoms with E-state index in [2.05, 4.69) is 10.3 Å². The summed E-state index contributed by atoms with van der Waals surface area (Å²) in [6.07, 6.45) is 4.16. The van der Waals surface area contributed by atoms with Crippen molar-refractivity contribution in [2.75, 3.05) is 7.05 Å². The third-order valence-corrected chi connectivity index (χ3v) is 3.50. The molecule has 2 atom stereocenters. The molecule has 2 rings (SSSR count). The van der Waals surface area contributed by atoms with E-state index >= 15 is 0 Å². The van der Waals surface area contributed by atoms with Gasteiger partial charge in [0.1, 0.15) is 12.2 Å². The molecule has 0 aromatic carbocycles. The van der Waals surface area contributed by atoms with Gasteiger partial charge in [0.15, 0.2) is 0 Å². The molecule has 1 N–H and O–H groups in total. The Balaban J connectivity index is 2.17. The Labute approximate surface area is 116 Å². The molecule has 0 bridgehead atoms. The van der Waals surface area contributed by atoms with Gasteiger partial charge < -0.3 is 10.1 Å². The second kappa shape index (κ2) is 6.30. The molecule has 0 amide bonds. The molecule has 2 unspecified atom stereocenters. The monoisotopic (exact) mass is 276 g/mol. The third kappa shape index (κ3) is 3.03. The first-order valence-corrected chi connectivity index (χ1v) is 6.55. The molecule has 20 heavy (non-hydrogen) atoms. The van der Waals surface area contributed by atoms with Crippen molar-refractivity contribution in [3.05, 3.63) is 27.9 Å². The third-order valence-electron chi connectivity index (χ3n) is 3.50. The molecule has 7 nitrogen and oxygen atoms in total. The zero-order valence-electron chi connectivity index (χ0n) is 11.2. The maximum Gasteiger partial charge on any atom is 0.305 e. The molecule has 1 aliphatic rings.